The maximum absolute atomic E-state index is 12.3. The van der Waals surface area contributed by atoms with E-state index in [-0.39, 0.29) is 17.2 Å². The molecule has 0 saturated heterocycles. The van der Waals surface area contributed by atoms with E-state index in [1.807, 2.05) is 13.8 Å². The molecule has 0 aromatic heterocycles. The number of amides is 1. The van der Waals surface area contributed by atoms with Crippen LogP contribution in [-0.2, 0) is 10.2 Å². The average Bonchev–Trinajstić information content (AvgIpc) is 2.65. The van der Waals surface area contributed by atoms with Crippen LogP contribution in [0.25, 0.3) is 0 Å². The molecule has 1 aromatic carbocycles. The first-order valence-electron chi connectivity index (χ1n) is 10.8. The summed E-state index contributed by atoms with van der Waals surface area (Å²) in [6, 6.07) is 8.57. The smallest absolute Gasteiger partial charge is 0.237 e. The van der Waals surface area contributed by atoms with Gasteiger partial charge in [-0.1, -0.05) is 78.6 Å². The molecule has 1 aliphatic carbocycles. The molecule has 0 spiro atoms. The highest BCUT2D eigenvalue weighted by molar-refractivity contribution is 5.81. The van der Waals surface area contributed by atoms with Crippen LogP contribution in [0.2, 0.25) is 0 Å². The third-order valence-corrected chi connectivity index (χ3v) is 6.97. The van der Waals surface area contributed by atoms with Gasteiger partial charge in [-0.15, -0.1) is 0 Å². The van der Waals surface area contributed by atoms with Crippen LogP contribution in [0.5, 0.6) is 0 Å². The van der Waals surface area contributed by atoms with Crippen molar-refractivity contribution in [3.8, 4) is 0 Å². The van der Waals surface area contributed by atoms with Gasteiger partial charge in [-0.2, -0.15) is 0 Å². The van der Waals surface area contributed by atoms with Gasteiger partial charge in [0.05, 0.1) is 6.04 Å². The number of rotatable bonds is 7. The van der Waals surface area contributed by atoms with Gasteiger partial charge in [0.15, 0.2) is 0 Å². The van der Waals surface area contributed by atoms with Crippen LogP contribution in [0, 0.1) is 17.8 Å². The number of nitrogens with one attached hydrogen (secondary N) is 1. The van der Waals surface area contributed by atoms with E-state index in [9.17, 15) is 4.79 Å². The molecule has 2 unspecified atom stereocenters. The van der Waals surface area contributed by atoms with Gasteiger partial charge in [-0.3, -0.25) is 4.79 Å². The van der Waals surface area contributed by atoms with Crippen LogP contribution in [0.15, 0.2) is 24.3 Å². The highest BCUT2D eigenvalue weighted by Crippen LogP contribution is 2.43. The highest BCUT2D eigenvalue weighted by Gasteiger charge is 2.33. The van der Waals surface area contributed by atoms with Crippen molar-refractivity contribution >= 4 is 5.91 Å². The van der Waals surface area contributed by atoms with E-state index in [1.165, 1.54) is 36.8 Å². The lowest BCUT2D eigenvalue weighted by Gasteiger charge is -2.38. The fraction of sp³-hybridized carbons (Fsp3) is 0.708. The van der Waals surface area contributed by atoms with Gasteiger partial charge in [-0.25, -0.2) is 0 Å². The topological polar surface area (TPSA) is 55.1 Å². The molecule has 1 aliphatic rings. The fourth-order valence-electron chi connectivity index (χ4n) is 4.23. The van der Waals surface area contributed by atoms with Gasteiger partial charge in [-0.05, 0) is 53.1 Å². The van der Waals surface area contributed by atoms with Gasteiger partial charge in [0.1, 0.15) is 0 Å². The van der Waals surface area contributed by atoms with Gasteiger partial charge in [0, 0.05) is 6.54 Å². The maximum Gasteiger partial charge on any atom is 0.237 e. The summed E-state index contributed by atoms with van der Waals surface area (Å²) < 4.78 is 0. The highest BCUT2D eigenvalue weighted by atomic mass is 16.2. The monoisotopic (exact) mass is 372 g/mol. The van der Waals surface area contributed by atoms with Crippen molar-refractivity contribution in [2.45, 2.75) is 84.6 Å². The first-order valence-corrected chi connectivity index (χ1v) is 10.8. The Hall–Kier alpha value is -1.35. The Morgan fingerprint density at radius 1 is 1.15 bits per heavy atom. The Labute approximate surface area is 166 Å². The lowest BCUT2D eigenvalue weighted by Crippen LogP contribution is -2.46. The summed E-state index contributed by atoms with van der Waals surface area (Å²) in [5, 5.41) is 3.15. The number of carbonyl (C=O) groups excluding carboxylic acids is 1. The fourth-order valence-corrected chi connectivity index (χ4v) is 4.23. The van der Waals surface area contributed by atoms with Gasteiger partial charge in [0.2, 0.25) is 5.91 Å². The standard InChI is InChI=1S/C24H40N2O/c1-16(2)22(25)23(27)26-15-18-11-7-8-12-19(18)20-13-9-10-14-21(20)24(5,6)17(3)4/h9-10,13-14,16-19,22H,7-8,11-12,15,25H2,1-6H3,(H,26,27)/t18?,19?,22-/m0/s1. The Kier molecular flexibility index (Phi) is 7.50. The minimum Gasteiger partial charge on any atom is -0.354 e. The van der Waals surface area contributed by atoms with Crippen molar-refractivity contribution in [3.63, 3.8) is 0 Å². The van der Waals surface area contributed by atoms with Gasteiger partial charge >= 0.3 is 0 Å². The molecule has 3 N–H and O–H groups in total. The Morgan fingerprint density at radius 2 is 1.78 bits per heavy atom. The van der Waals surface area contributed by atoms with E-state index in [0.29, 0.717) is 17.8 Å². The first kappa shape index (κ1) is 21.9. The molecule has 3 heteroatoms. The third-order valence-electron chi connectivity index (χ3n) is 6.97. The normalized spacial score (nSPS) is 22.1. The van der Waals surface area contributed by atoms with Crippen LogP contribution < -0.4 is 11.1 Å². The first-order chi connectivity index (χ1) is 12.7. The van der Waals surface area contributed by atoms with E-state index >= 15 is 0 Å². The minimum atomic E-state index is -0.417. The van der Waals surface area contributed by atoms with Crippen LogP contribution in [-0.4, -0.2) is 18.5 Å². The lowest BCUT2D eigenvalue weighted by atomic mass is 9.67. The summed E-state index contributed by atoms with van der Waals surface area (Å²) in [4.78, 5) is 12.3. The van der Waals surface area contributed by atoms with E-state index < -0.39 is 6.04 Å². The van der Waals surface area contributed by atoms with E-state index in [1.54, 1.807) is 0 Å². The zero-order chi connectivity index (χ0) is 20.2. The molecule has 0 aliphatic heterocycles. The number of hydrogen-bond donors (Lipinski definition) is 2. The number of hydrogen-bond acceptors (Lipinski definition) is 2. The second kappa shape index (κ2) is 9.23. The third kappa shape index (κ3) is 5.13. The summed E-state index contributed by atoms with van der Waals surface area (Å²) >= 11 is 0. The molecule has 1 saturated carbocycles. The van der Waals surface area contributed by atoms with Crippen molar-refractivity contribution in [3.05, 3.63) is 35.4 Å². The van der Waals surface area contributed by atoms with Crippen LogP contribution in [0.4, 0.5) is 0 Å². The molecule has 0 bridgehead atoms. The van der Waals surface area contributed by atoms with Crippen molar-refractivity contribution in [1.82, 2.24) is 5.32 Å². The SMILES string of the molecule is CC(C)[C@H](N)C(=O)NCC1CCCCC1c1ccccc1C(C)(C)C(C)C. The molecule has 152 valence electrons. The van der Waals surface area contributed by atoms with E-state index in [0.717, 1.165) is 6.54 Å². The summed E-state index contributed by atoms with van der Waals surface area (Å²) in [5.41, 5.74) is 9.13. The van der Waals surface area contributed by atoms with Crippen molar-refractivity contribution in [2.75, 3.05) is 6.54 Å². The minimum absolute atomic E-state index is 0.00915. The molecule has 27 heavy (non-hydrogen) atoms. The predicted molar refractivity (Wildman–Crippen MR) is 115 cm³/mol. The van der Waals surface area contributed by atoms with E-state index in [4.69, 9.17) is 5.73 Å². The zero-order valence-corrected chi connectivity index (χ0v) is 18.2. The second-order valence-corrected chi connectivity index (χ2v) is 9.63. The van der Waals surface area contributed by atoms with Gasteiger partial charge in [0.25, 0.3) is 0 Å². The largest absolute Gasteiger partial charge is 0.354 e. The van der Waals surface area contributed by atoms with E-state index in [2.05, 4.69) is 57.3 Å². The van der Waals surface area contributed by atoms with Crippen molar-refractivity contribution in [2.24, 2.45) is 23.5 Å². The second-order valence-electron chi connectivity index (χ2n) is 9.63. The number of carbonyl (C=O) groups is 1. The molecular formula is C24H40N2O. The maximum atomic E-state index is 12.3. The molecular weight excluding hydrogens is 332 g/mol. The molecule has 1 aromatic rings. The van der Waals surface area contributed by atoms with Gasteiger partial charge < -0.3 is 11.1 Å². The zero-order valence-electron chi connectivity index (χ0n) is 18.2. The molecule has 0 radical (unpaired) electrons. The number of nitrogens with two attached hydrogens (primary N) is 1. The van der Waals surface area contributed by atoms with Crippen molar-refractivity contribution < 1.29 is 4.79 Å². The summed E-state index contributed by atoms with van der Waals surface area (Å²) in [5.74, 6) is 1.74. The molecule has 0 heterocycles. The quantitative estimate of drug-likeness (QED) is 0.708. The summed E-state index contributed by atoms with van der Waals surface area (Å²) in [6.07, 6.45) is 4.92. The molecule has 1 amide bonds. The molecule has 1 fully saturated rings. The Morgan fingerprint density at radius 3 is 2.41 bits per heavy atom. The Bertz CT molecular complexity index is 621. The van der Waals surface area contributed by atoms with Crippen molar-refractivity contribution in [1.29, 1.82) is 0 Å². The summed E-state index contributed by atoms with van der Waals surface area (Å²) in [6.45, 7) is 14.1. The Balaban J connectivity index is 2.22. The molecule has 2 rings (SSSR count). The average molecular weight is 373 g/mol. The summed E-state index contributed by atoms with van der Waals surface area (Å²) in [7, 11) is 0. The van der Waals surface area contributed by atoms with Crippen LogP contribution >= 0.6 is 0 Å². The molecule has 3 nitrogen and oxygen atoms in total. The van der Waals surface area contributed by atoms with Crippen LogP contribution in [0.3, 0.4) is 0 Å². The number of benzene rings is 1. The lowest BCUT2D eigenvalue weighted by molar-refractivity contribution is -0.123. The molecule has 3 atom stereocenters. The van der Waals surface area contributed by atoms with Crippen LogP contribution in [0.1, 0.15) is 84.3 Å². The predicted octanol–water partition coefficient (Wildman–Crippen LogP) is 4.99.